The van der Waals surface area contributed by atoms with Gasteiger partial charge in [0.2, 0.25) is 0 Å². The molecule has 0 aliphatic heterocycles. The van der Waals surface area contributed by atoms with Crippen molar-refractivity contribution in [3.63, 3.8) is 0 Å². The van der Waals surface area contributed by atoms with E-state index in [4.69, 9.17) is 10.2 Å². The van der Waals surface area contributed by atoms with Crippen LogP contribution in [-0.4, -0.2) is 20.4 Å². The molecule has 0 fully saturated rings. The maximum atomic E-state index is 9.59. The Bertz CT molecular complexity index is 548. The summed E-state index contributed by atoms with van der Waals surface area (Å²) in [5, 5.41) is 37.5. The topological polar surface area (TPSA) is 105 Å². The first-order valence-corrected chi connectivity index (χ1v) is 6.03. The molecule has 6 heteroatoms. The van der Waals surface area contributed by atoms with Crippen molar-refractivity contribution in [2.24, 2.45) is 0 Å². The molecule has 0 bridgehead atoms. The molecule has 106 valence electrons. The minimum absolute atomic E-state index is 0.00628. The first kappa shape index (κ1) is 14.0. The van der Waals surface area contributed by atoms with Gasteiger partial charge >= 0.3 is 0 Å². The van der Waals surface area contributed by atoms with Gasteiger partial charge in [0.15, 0.2) is 0 Å². The molecule has 0 aliphatic carbocycles. The zero-order valence-electron chi connectivity index (χ0n) is 10.7. The molecule has 0 aliphatic rings. The summed E-state index contributed by atoms with van der Waals surface area (Å²) < 4.78 is 0. The molecule has 0 saturated heterocycles. The summed E-state index contributed by atoms with van der Waals surface area (Å²) in [5.41, 5.74) is 7.03. The lowest BCUT2D eigenvalue weighted by molar-refractivity contribution is 0.431. The van der Waals surface area contributed by atoms with Gasteiger partial charge in [-0.05, 0) is 12.1 Å². The van der Waals surface area contributed by atoms with E-state index in [0.29, 0.717) is 24.2 Å². The van der Waals surface area contributed by atoms with Gasteiger partial charge in [0, 0.05) is 36.3 Å². The lowest BCUT2D eigenvalue weighted by atomic mass is 10.2. The van der Waals surface area contributed by atoms with Gasteiger partial charge in [-0.1, -0.05) is 12.1 Å². The molecule has 0 unspecified atom stereocenters. The number of phenolic OH excluding ortho intramolecular Hbond substituents is 4. The molecular formula is C14H16N2O4. The maximum absolute atomic E-state index is 9.59. The lowest BCUT2D eigenvalue weighted by Crippen LogP contribution is -2.30. The third kappa shape index (κ3) is 3.53. The number of hydrogen-bond donors (Lipinski definition) is 6. The third-order valence-electron chi connectivity index (χ3n) is 2.82. The van der Waals surface area contributed by atoms with Crippen molar-refractivity contribution >= 4 is 0 Å². The van der Waals surface area contributed by atoms with Crippen molar-refractivity contribution in [2.45, 2.75) is 13.1 Å². The Kier molecular flexibility index (Phi) is 4.29. The van der Waals surface area contributed by atoms with E-state index >= 15 is 0 Å². The van der Waals surface area contributed by atoms with E-state index in [-0.39, 0.29) is 23.0 Å². The molecule has 0 heterocycles. The van der Waals surface area contributed by atoms with E-state index < -0.39 is 0 Å². The summed E-state index contributed by atoms with van der Waals surface area (Å²) in [7, 11) is 0. The predicted octanol–water partition coefficient (Wildman–Crippen LogP) is 1.30. The van der Waals surface area contributed by atoms with Crippen LogP contribution in [0, 0.1) is 0 Å². The average Bonchev–Trinajstić information content (AvgIpc) is 2.39. The second-order valence-corrected chi connectivity index (χ2v) is 4.33. The fourth-order valence-electron chi connectivity index (χ4n) is 1.72. The molecule has 6 nitrogen and oxygen atoms in total. The van der Waals surface area contributed by atoms with Crippen molar-refractivity contribution in [1.82, 2.24) is 10.9 Å². The Labute approximate surface area is 115 Å². The van der Waals surface area contributed by atoms with E-state index in [1.807, 2.05) is 0 Å². The summed E-state index contributed by atoms with van der Waals surface area (Å²) in [6.07, 6.45) is 0. The summed E-state index contributed by atoms with van der Waals surface area (Å²) in [4.78, 5) is 0. The summed E-state index contributed by atoms with van der Waals surface area (Å²) in [6, 6.07) is 8.73. The van der Waals surface area contributed by atoms with Crippen molar-refractivity contribution in [2.75, 3.05) is 0 Å². The molecule has 0 spiro atoms. The number of hydrogen-bond acceptors (Lipinski definition) is 6. The van der Waals surface area contributed by atoms with E-state index in [1.165, 1.54) is 24.3 Å². The Morgan fingerprint density at radius 1 is 0.650 bits per heavy atom. The van der Waals surface area contributed by atoms with Gasteiger partial charge in [0.25, 0.3) is 0 Å². The zero-order chi connectivity index (χ0) is 14.5. The SMILES string of the molecule is Oc1ccc(CNNCc2ccc(O)cc2O)c(O)c1. The van der Waals surface area contributed by atoms with Crippen molar-refractivity contribution in [3.05, 3.63) is 47.5 Å². The molecule has 2 rings (SSSR count). The van der Waals surface area contributed by atoms with Crippen LogP contribution < -0.4 is 10.9 Å². The second kappa shape index (κ2) is 6.14. The maximum Gasteiger partial charge on any atom is 0.123 e. The fourth-order valence-corrected chi connectivity index (χ4v) is 1.72. The van der Waals surface area contributed by atoms with Crippen LogP contribution in [0.25, 0.3) is 0 Å². The fraction of sp³-hybridized carbons (Fsp3) is 0.143. The second-order valence-electron chi connectivity index (χ2n) is 4.33. The first-order valence-electron chi connectivity index (χ1n) is 6.03. The van der Waals surface area contributed by atoms with Gasteiger partial charge in [-0.2, -0.15) is 0 Å². The smallest absolute Gasteiger partial charge is 0.123 e. The highest BCUT2D eigenvalue weighted by molar-refractivity contribution is 5.39. The standard InChI is InChI=1S/C14H16N2O4/c17-11-3-1-9(13(19)5-11)7-15-16-8-10-2-4-12(18)6-14(10)20/h1-6,15-20H,7-8H2. The van der Waals surface area contributed by atoms with Gasteiger partial charge in [0.05, 0.1) is 0 Å². The molecule has 2 aromatic carbocycles. The van der Waals surface area contributed by atoms with Crippen LogP contribution in [0.1, 0.15) is 11.1 Å². The van der Waals surface area contributed by atoms with Crippen LogP contribution in [0.2, 0.25) is 0 Å². The van der Waals surface area contributed by atoms with Crippen molar-refractivity contribution in [1.29, 1.82) is 0 Å². The Morgan fingerprint density at radius 2 is 1.05 bits per heavy atom. The van der Waals surface area contributed by atoms with Crippen LogP contribution in [0.3, 0.4) is 0 Å². The monoisotopic (exact) mass is 276 g/mol. The highest BCUT2D eigenvalue weighted by Gasteiger charge is 2.03. The normalized spacial score (nSPS) is 10.6. The lowest BCUT2D eigenvalue weighted by Gasteiger charge is -2.10. The van der Waals surface area contributed by atoms with Crippen LogP contribution in [0.5, 0.6) is 23.0 Å². The molecule has 0 saturated carbocycles. The van der Waals surface area contributed by atoms with Gasteiger partial charge in [-0.3, -0.25) is 10.9 Å². The average molecular weight is 276 g/mol. The quantitative estimate of drug-likeness (QED) is 0.363. The molecule has 0 amide bonds. The number of phenols is 4. The molecule has 0 atom stereocenters. The van der Waals surface area contributed by atoms with Gasteiger partial charge < -0.3 is 20.4 Å². The van der Waals surface area contributed by atoms with Crippen LogP contribution in [0.15, 0.2) is 36.4 Å². The summed E-state index contributed by atoms with van der Waals surface area (Å²) >= 11 is 0. The third-order valence-corrected chi connectivity index (χ3v) is 2.82. The van der Waals surface area contributed by atoms with E-state index in [2.05, 4.69) is 10.9 Å². The molecule has 6 N–H and O–H groups in total. The Morgan fingerprint density at radius 3 is 1.40 bits per heavy atom. The molecule has 20 heavy (non-hydrogen) atoms. The van der Waals surface area contributed by atoms with Crippen LogP contribution in [-0.2, 0) is 13.1 Å². The predicted molar refractivity (Wildman–Crippen MR) is 73.2 cm³/mol. The Hall–Kier alpha value is -2.44. The van der Waals surface area contributed by atoms with Crippen LogP contribution in [0.4, 0.5) is 0 Å². The number of nitrogens with one attached hydrogen (secondary N) is 2. The van der Waals surface area contributed by atoms with Gasteiger partial charge in [-0.25, -0.2) is 0 Å². The Balaban J connectivity index is 1.84. The minimum atomic E-state index is 0.00628. The van der Waals surface area contributed by atoms with Crippen LogP contribution >= 0.6 is 0 Å². The van der Waals surface area contributed by atoms with E-state index in [1.54, 1.807) is 12.1 Å². The number of benzene rings is 2. The summed E-state index contributed by atoms with van der Waals surface area (Å²) in [6.45, 7) is 0.704. The molecule has 0 radical (unpaired) electrons. The van der Waals surface area contributed by atoms with Crippen molar-refractivity contribution < 1.29 is 20.4 Å². The van der Waals surface area contributed by atoms with E-state index in [9.17, 15) is 10.2 Å². The molecule has 0 aromatic heterocycles. The van der Waals surface area contributed by atoms with E-state index in [0.717, 1.165) is 0 Å². The highest BCUT2D eigenvalue weighted by atomic mass is 16.3. The van der Waals surface area contributed by atoms with Crippen molar-refractivity contribution in [3.8, 4) is 23.0 Å². The summed E-state index contributed by atoms with van der Waals surface area (Å²) in [5.74, 6) is 0.0278. The zero-order valence-corrected chi connectivity index (χ0v) is 10.7. The first-order chi connectivity index (χ1) is 9.56. The largest absolute Gasteiger partial charge is 0.508 e. The number of hydrazine groups is 1. The van der Waals surface area contributed by atoms with Gasteiger partial charge in [-0.15, -0.1) is 0 Å². The minimum Gasteiger partial charge on any atom is -0.508 e. The number of aromatic hydroxyl groups is 4. The molecule has 2 aromatic rings. The highest BCUT2D eigenvalue weighted by Crippen LogP contribution is 2.23. The van der Waals surface area contributed by atoms with Gasteiger partial charge in [0.1, 0.15) is 23.0 Å². The molecular weight excluding hydrogens is 260 g/mol. The number of rotatable bonds is 5.